The molecule has 0 bridgehead atoms. The number of nitrogens with one attached hydrogen (secondary N) is 2. The first-order valence-electron chi connectivity index (χ1n) is 4.18. The summed E-state index contributed by atoms with van der Waals surface area (Å²) in [5, 5.41) is 5.37. The van der Waals surface area contributed by atoms with E-state index in [1.165, 1.54) is 13.3 Å². The number of anilines is 2. The number of rotatable bonds is 4. The number of alkyl halides is 2. The minimum atomic E-state index is -2.41. The third kappa shape index (κ3) is 2.79. The van der Waals surface area contributed by atoms with Crippen LogP contribution in [-0.2, 0) is 0 Å². The van der Waals surface area contributed by atoms with E-state index in [4.69, 9.17) is 0 Å². The molecule has 2 N–H and O–H groups in total. The predicted molar refractivity (Wildman–Crippen MR) is 50.7 cm³/mol. The van der Waals surface area contributed by atoms with E-state index in [9.17, 15) is 8.78 Å². The largest absolute Gasteiger partial charge is 0.373 e. The molecular weight excluding hydrogens is 190 g/mol. The number of halogens is 2. The topological polar surface area (TPSA) is 49.8 Å². The van der Waals surface area contributed by atoms with Crippen molar-refractivity contribution in [3.05, 3.63) is 12.4 Å². The Labute approximate surface area is 80.8 Å². The van der Waals surface area contributed by atoms with Crippen molar-refractivity contribution in [3.63, 3.8) is 0 Å². The van der Waals surface area contributed by atoms with Gasteiger partial charge in [-0.2, -0.15) is 0 Å². The molecule has 6 heteroatoms. The molecule has 0 saturated heterocycles. The third-order valence-corrected chi connectivity index (χ3v) is 1.68. The molecule has 0 aliphatic heterocycles. The van der Waals surface area contributed by atoms with Gasteiger partial charge in [0.2, 0.25) is 0 Å². The maximum absolute atomic E-state index is 12.2. The number of aromatic nitrogens is 2. The van der Waals surface area contributed by atoms with Crippen LogP contribution in [0.25, 0.3) is 0 Å². The molecule has 1 aromatic heterocycles. The molecule has 0 saturated carbocycles. The maximum atomic E-state index is 12.2. The van der Waals surface area contributed by atoms with Crippen molar-refractivity contribution in [1.29, 1.82) is 0 Å². The van der Waals surface area contributed by atoms with E-state index in [2.05, 4.69) is 20.6 Å². The fourth-order valence-electron chi connectivity index (χ4n) is 0.869. The minimum absolute atomic E-state index is 0.386. The van der Waals surface area contributed by atoms with E-state index in [1.807, 2.05) is 0 Å². The lowest BCUT2D eigenvalue weighted by Crippen LogP contribution is -2.24. The highest BCUT2D eigenvalue weighted by molar-refractivity contribution is 5.46. The zero-order valence-electron chi connectivity index (χ0n) is 7.96. The smallest absolute Gasteiger partial charge is 0.258 e. The molecule has 0 aliphatic rings. The fraction of sp³-hybridized carbons (Fsp3) is 0.500. The highest BCUT2D eigenvalue weighted by atomic mass is 19.3. The minimum Gasteiger partial charge on any atom is -0.373 e. The van der Waals surface area contributed by atoms with Gasteiger partial charge in [-0.15, -0.1) is 0 Å². The Morgan fingerprint density at radius 1 is 1.29 bits per heavy atom. The van der Waals surface area contributed by atoms with Crippen LogP contribution in [0.1, 0.15) is 6.92 Å². The molecule has 14 heavy (non-hydrogen) atoms. The molecule has 0 spiro atoms. The zero-order valence-corrected chi connectivity index (χ0v) is 7.96. The molecule has 0 aromatic carbocycles. The van der Waals surface area contributed by atoms with Crippen LogP contribution >= 0.6 is 0 Å². The van der Waals surface area contributed by atoms with Crippen molar-refractivity contribution < 1.29 is 8.78 Å². The molecule has 1 unspecified atom stereocenters. The number of hydrogen-bond acceptors (Lipinski definition) is 4. The quantitative estimate of drug-likeness (QED) is 0.778. The van der Waals surface area contributed by atoms with Gasteiger partial charge in [0.25, 0.3) is 6.43 Å². The zero-order chi connectivity index (χ0) is 10.6. The van der Waals surface area contributed by atoms with Crippen molar-refractivity contribution in [3.8, 4) is 0 Å². The van der Waals surface area contributed by atoms with Crippen molar-refractivity contribution in [2.75, 3.05) is 17.7 Å². The van der Waals surface area contributed by atoms with E-state index in [1.54, 1.807) is 13.1 Å². The Bertz CT molecular complexity index is 292. The summed E-state index contributed by atoms with van der Waals surface area (Å²) >= 11 is 0. The molecule has 1 rings (SSSR count). The second-order valence-corrected chi connectivity index (χ2v) is 2.81. The second-order valence-electron chi connectivity index (χ2n) is 2.81. The van der Waals surface area contributed by atoms with Crippen LogP contribution in [0.4, 0.5) is 20.4 Å². The Morgan fingerprint density at radius 2 is 1.93 bits per heavy atom. The molecule has 0 aliphatic carbocycles. The molecule has 0 radical (unpaired) electrons. The van der Waals surface area contributed by atoms with Gasteiger partial charge < -0.3 is 10.6 Å². The van der Waals surface area contributed by atoms with E-state index >= 15 is 0 Å². The van der Waals surface area contributed by atoms with E-state index in [0.29, 0.717) is 11.6 Å². The van der Waals surface area contributed by atoms with Crippen LogP contribution in [-0.4, -0.2) is 29.5 Å². The van der Waals surface area contributed by atoms with Gasteiger partial charge in [-0.25, -0.2) is 18.7 Å². The molecule has 1 atom stereocenters. The molecule has 1 aromatic rings. The van der Waals surface area contributed by atoms with Gasteiger partial charge in [-0.3, -0.25) is 0 Å². The summed E-state index contributed by atoms with van der Waals surface area (Å²) in [4.78, 5) is 7.67. The summed E-state index contributed by atoms with van der Waals surface area (Å²) in [5.74, 6) is 0.973. The first-order chi connectivity index (χ1) is 6.63. The first kappa shape index (κ1) is 10.6. The average molecular weight is 202 g/mol. The van der Waals surface area contributed by atoms with Crippen molar-refractivity contribution in [2.45, 2.75) is 19.4 Å². The van der Waals surface area contributed by atoms with Gasteiger partial charge in [0, 0.05) is 13.1 Å². The summed E-state index contributed by atoms with van der Waals surface area (Å²) < 4.78 is 24.3. The number of hydrogen-bond donors (Lipinski definition) is 2. The molecular formula is C8H12F2N4. The highest BCUT2D eigenvalue weighted by Gasteiger charge is 2.14. The van der Waals surface area contributed by atoms with Crippen LogP contribution in [0.15, 0.2) is 12.4 Å². The lowest BCUT2D eigenvalue weighted by Gasteiger charge is -2.13. The van der Waals surface area contributed by atoms with Crippen LogP contribution in [0.3, 0.4) is 0 Å². The predicted octanol–water partition coefficient (Wildman–Crippen LogP) is 1.58. The van der Waals surface area contributed by atoms with Crippen molar-refractivity contribution in [1.82, 2.24) is 9.97 Å². The lowest BCUT2D eigenvalue weighted by atomic mass is 10.3. The maximum Gasteiger partial charge on any atom is 0.258 e. The van der Waals surface area contributed by atoms with Crippen LogP contribution in [0, 0.1) is 0 Å². The standard InChI is InChI=1S/C8H12F2N4/c1-5(8(9)10)14-7-3-6(11-2)12-4-13-7/h3-5,8H,1-2H3,(H2,11,12,13,14). The van der Waals surface area contributed by atoms with E-state index < -0.39 is 12.5 Å². The molecule has 1 heterocycles. The second kappa shape index (κ2) is 4.69. The lowest BCUT2D eigenvalue weighted by molar-refractivity contribution is 0.130. The Hall–Kier alpha value is -1.46. The summed E-state index contributed by atoms with van der Waals surface area (Å²) in [6.45, 7) is 1.39. The van der Waals surface area contributed by atoms with Gasteiger partial charge in [-0.1, -0.05) is 0 Å². The van der Waals surface area contributed by atoms with Crippen LogP contribution < -0.4 is 10.6 Å². The third-order valence-electron chi connectivity index (χ3n) is 1.68. The van der Waals surface area contributed by atoms with Gasteiger partial charge in [0.15, 0.2) is 0 Å². The van der Waals surface area contributed by atoms with Crippen LogP contribution in [0.2, 0.25) is 0 Å². The Kier molecular flexibility index (Phi) is 3.55. The molecule has 4 nitrogen and oxygen atoms in total. The van der Waals surface area contributed by atoms with Gasteiger partial charge in [-0.05, 0) is 6.92 Å². The first-order valence-corrected chi connectivity index (χ1v) is 4.18. The van der Waals surface area contributed by atoms with Gasteiger partial charge in [0.05, 0.1) is 6.04 Å². The summed E-state index contributed by atoms with van der Waals surface area (Å²) in [6.07, 6.45) is -1.10. The fourth-order valence-corrected chi connectivity index (χ4v) is 0.869. The van der Waals surface area contributed by atoms with E-state index in [-0.39, 0.29) is 0 Å². The Morgan fingerprint density at radius 3 is 2.50 bits per heavy atom. The SMILES string of the molecule is CNc1cc(NC(C)C(F)F)ncn1. The molecule has 0 fully saturated rings. The summed E-state index contributed by atoms with van der Waals surface area (Å²) in [7, 11) is 1.70. The highest BCUT2D eigenvalue weighted by Crippen LogP contribution is 2.11. The Balaban J connectivity index is 2.66. The molecule has 78 valence electrons. The summed E-state index contributed by atoms with van der Waals surface area (Å²) in [5.41, 5.74) is 0. The van der Waals surface area contributed by atoms with Gasteiger partial charge >= 0.3 is 0 Å². The monoisotopic (exact) mass is 202 g/mol. The van der Waals surface area contributed by atoms with Crippen LogP contribution in [0.5, 0.6) is 0 Å². The number of nitrogens with zero attached hydrogens (tertiary/aromatic N) is 2. The normalized spacial score (nSPS) is 12.6. The van der Waals surface area contributed by atoms with E-state index in [0.717, 1.165) is 0 Å². The molecule has 0 amide bonds. The summed E-state index contributed by atoms with van der Waals surface area (Å²) in [6, 6.07) is 0.647. The van der Waals surface area contributed by atoms with Crippen molar-refractivity contribution >= 4 is 11.6 Å². The average Bonchev–Trinajstić information content (AvgIpc) is 2.18. The van der Waals surface area contributed by atoms with Crippen molar-refractivity contribution in [2.24, 2.45) is 0 Å². The van der Waals surface area contributed by atoms with Gasteiger partial charge in [0.1, 0.15) is 18.0 Å².